The van der Waals surface area contributed by atoms with Gasteiger partial charge < -0.3 is 40.0 Å². The lowest BCUT2D eigenvalue weighted by molar-refractivity contribution is -0.142. The van der Waals surface area contributed by atoms with Crippen molar-refractivity contribution in [3.63, 3.8) is 0 Å². The van der Waals surface area contributed by atoms with Crippen LogP contribution in [0.15, 0.2) is 120 Å². The predicted octanol–water partition coefficient (Wildman–Crippen LogP) is 26.4. The van der Waals surface area contributed by atoms with Gasteiger partial charge in [-0.1, -0.05) is 261 Å². The number of aliphatic carboxylic acids is 4. The Morgan fingerprint density at radius 1 is 0.320 bits per heavy atom. The maximum absolute atomic E-state index is 13.3. The first-order chi connectivity index (χ1) is 59.3. The number of hydrogen-bond acceptors (Lipinski definition) is 8. The lowest BCUT2D eigenvalue weighted by Crippen LogP contribution is -2.45. The number of hydrogen-bond donors (Lipinski definition) is 4. The van der Waals surface area contributed by atoms with Crippen molar-refractivity contribution in [3.05, 3.63) is 184 Å². The SMILES string of the molecule is CC(C)C1=CN([C@@H]2CC[C@@H](C(=O)O)C2)C(=O)C[C@@]1(C)c1ccc(CCC(C)(C)C)c(Cl)c1.CC(C)C1=CN([C@@H]2CC[C@H](C(=O)O)C2)C(=O)C[C@@]1(C)c1ccc(CCC(C)(C)C)c(Cl)c1.CC(C)C1=CN([C@H]2CC[C@@H](C(=O)O)C2)C(=O)C[C@@]1(C)c1ccc(CCC(C)(C)C)c(Cl)c1.CC(C)C1=CN([C@H]2CC[C@H](C(=O)O)C2)C(=O)C[C@@]1(C)c1ccc(CCC(C)(C)C)c(Cl)c1. The first kappa shape index (κ1) is 104. The summed E-state index contributed by atoms with van der Waals surface area (Å²) in [6.45, 7) is 52.7. The fourth-order valence-electron chi connectivity index (χ4n) is 21.0. The van der Waals surface area contributed by atoms with Crippen LogP contribution in [0, 0.1) is 69.0 Å². The zero-order valence-electron chi connectivity index (χ0n) is 81.5. The molecule has 0 bridgehead atoms. The van der Waals surface area contributed by atoms with Crippen LogP contribution in [-0.4, -0.2) is 112 Å². The van der Waals surface area contributed by atoms with Gasteiger partial charge in [0.2, 0.25) is 23.6 Å². The zero-order valence-corrected chi connectivity index (χ0v) is 84.5. The van der Waals surface area contributed by atoms with Crippen molar-refractivity contribution >= 4 is 93.9 Å². The summed E-state index contributed by atoms with van der Waals surface area (Å²) in [6, 6.07) is 25.2. The lowest BCUT2D eigenvalue weighted by atomic mass is 9.68. The van der Waals surface area contributed by atoms with E-state index >= 15 is 0 Å². The van der Waals surface area contributed by atoms with Gasteiger partial charge in [-0.3, -0.25) is 38.4 Å². The van der Waals surface area contributed by atoms with Crippen LogP contribution >= 0.6 is 46.4 Å². The third-order valence-corrected chi connectivity index (χ3v) is 30.7. The highest BCUT2D eigenvalue weighted by Gasteiger charge is 2.50. The molecule has 16 nitrogen and oxygen atoms in total. The molecule has 20 heteroatoms. The Hall–Kier alpha value is -7.24. The van der Waals surface area contributed by atoms with Crippen LogP contribution < -0.4 is 0 Å². The Bertz CT molecular complexity index is 4250. The standard InChI is InChI=1S/4C27H38ClNO3/c4*1-17(2)22-16-29(21-10-8-19(13-21)25(31)32)24(30)15-27(22,6)20-9-7-18(23(28)14-20)11-12-26(3,4)5/h4*7,9,14,16-17,19,21H,8,10-13,15H2,1-6H3,(H,31,32)/t19-,21+,27+;19-,21+,27-;19-,21-,27+;19-,21-,27-/m1010/s1. The number of carbonyl (C=O) groups is 8. The monoisotopic (exact) mass is 1840 g/mol. The van der Waals surface area contributed by atoms with Gasteiger partial charge in [0.25, 0.3) is 0 Å². The zero-order chi connectivity index (χ0) is 95.4. The molecule has 704 valence electrons. The van der Waals surface area contributed by atoms with E-state index in [1.807, 2.05) is 44.4 Å². The Kier molecular flexibility index (Phi) is 34.2. The molecule has 0 aromatic heterocycles. The van der Waals surface area contributed by atoms with Crippen molar-refractivity contribution in [3.8, 4) is 0 Å². The third kappa shape index (κ3) is 25.8. The Morgan fingerprint density at radius 3 is 0.625 bits per heavy atom. The normalized spacial score (nSPS) is 26.6. The molecule has 12 atom stereocenters. The summed E-state index contributed by atoms with van der Waals surface area (Å²) in [5, 5.41) is 40.5. The summed E-state index contributed by atoms with van der Waals surface area (Å²) in [6.07, 6.45) is 25.3. The second kappa shape index (κ2) is 41.9. The van der Waals surface area contributed by atoms with Crippen molar-refractivity contribution in [1.82, 2.24) is 19.6 Å². The first-order valence-corrected chi connectivity index (χ1v) is 49.0. The van der Waals surface area contributed by atoms with E-state index in [9.17, 15) is 58.8 Å². The number of carboxylic acids is 4. The molecule has 4 aromatic carbocycles. The van der Waals surface area contributed by atoms with Crippen LogP contribution in [0.3, 0.4) is 0 Å². The number of allylic oxidation sites excluding steroid dienone is 4. The van der Waals surface area contributed by atoms with Crippen LogP contribution in [0.25, 0.3) is 0 Å². The van der Waals surface area contributed by atoms with E-state index in [1.165, 1.54) is 22.3 Å². The second-order valence-corrected chi connectivity index (χ2v) is 47.3. The highest BCUT2D eigenvalue weighted by atomic mass is 35.5. The molecule has 4 heterocycles. The van der Waals surface area contributed by atoms with Gasteiger partial charge >= 0.3 is 23.9 Å². The van der Waals surface area contributed by atoms with Crippen molar-refractivity contribution in [2.45, 2.75) is 366 Å². The Morgan fingerprint density at radius 2 is 0.492 bits per heavy atom. The molecule has 0 spiro atoms. The highest BCUT2D eigenvalue weighted by molar-refractivity contribution is 6.32. The molecule has 4 aliphatic carbocycles. The van der Waals surface area contributed by atoms with Gasteiger partial charge in [-0.2, -0.15) is 0 Å². The van der Waals surface area contributed by atoms with Crippen LogP contribution in [0.5, 0.6) is 0 Å². The number of amides is 4. The van der Waals surface area contributed by atoms with E-state index in [2.05, 4.69) is 239 Å². The van der Waals surface area contributed by atoms with Gasteiger partial charge in [0.1, 0.15) is 0 Å². The Labute approximate surface area is 786 Å². The molecule has 4 amide bonds. The maximum Gasteiger partial charge on any atom is 0.306 e. The van der Waals surface area contributed by atoms with E-state index in [0.29, 0.717) is 77.0 Å². The second-order valence-electron chi connectivity index (χ2n) is 45.7. The average Bonchev–Trinajstić information content (AvgIpc) is 1.16. The van der Waals surface area contributed by atoms with Gasteiger partial charge in [0.15, 0.2) is 0 Å². The molecule has 128 heavy (non-hydrogen) atoms. The summed E-state index contributed by atoms with van der Waals surface area (Å²) < 4.78 is 0. The summed E-state index contributed by atoms with van der Waals surface area (Å²) in [4.78, 5) is 106. The average molecular weight is 1840 g/mol. The number of carboxylic acid groups (broad SMARTS) is 4. The summed E-state index contributed by atoms with van der Waals surface area (Å²) in [5.74, 6) is -3.11. The number of halogens is 4. The maximum atomic E-state index is 13.3. The molecule has 0 unspecified atom stereocenters. The fraction of sp³-hybridized carbons (Fsp3) is 0.630. The lowest BCUT2D eigenvalue weighted by Gasteiger charge is -2.43. The molecule has 0 radical (unpaired) electrons. The van der Waals surface area contributed by atoms with Crippen molar-refractivity contribution < 1.29 is 58.8 Å². The van der Waals surface area contributed by atoms with Gasteiger partial charge in [0, 0.05) is 116 Å². The van der Waals surface area contributed by atoms with Gasteiger partial charge in [0.05, 0.1) is 23.7 Å². The van der Waals surface area contributed by atoms with E-state index in [4.69, 9.17) is 46.4 Å². The molecule has 0 saturated heterocycles. The molecule has 8 aliphatic rings. The van der Waals surface area contributed by atoms with E-state index < -0.39 is 45.5 Å². The molecule has 4 saturated carbocycles. The first-order valence-electron chi connectivity index (χ1n) is 47.5. The minimum Gasteiger partial charge on any atom is -0.481 e. The van der Waals surface area contributed by atoms with Crippen molar-refractivity contribution in [2.75, 3.05) is 0 Å². The van der Waals surface area contributed by atoms with Crippen LogP contribution in [0.2, 0.25) is 20.1 Å². The fourth-order valence-corrected chi connectivity index (χ4v) is 22.1. The number of nitrogens with zero attached hydrogens (tertiary/aromatic N) is 4. The predicted molar refractivity (Wildman–Crippen MR) is 519 cm³/mol. The van der Waals surface area contributed by atoms with E-state index in [0.717, 1.165) is 142 Å². The molecule has 4 N–H and O–H groups in total. The molecular weight excluding hydrogens is 1690 g/mol. The van der Waals surface area contributed by atoms with Crippen LogP contribution in [0.4, 0.5) is 0 Å². The highest BCUT2D eigenvalue weighted by Crippen LogP contribution is 2.52. The van der Waals surface area contributed by atoms with Crippen LogP contribution in [0.1, 0.15) is 339 Å². The van der Waals surface area contributed by atoms with E-state index in [-0.39, 0.29) is 117 Å². The number of aryl methyl sites for hydroxylation is 4. The topological polar surface area (TPSA) is 230 Å². The molecule has 4 aromatic rings. The number of rotatable bonds is 24. The van der Waals surface area contributed by atoms with Crippen LogP contribution in [-0.2, 0) is 85.7 Å². The Balaban J connectivity index is 0.000000193. The third-order valence-electron chi connectivity index (χ3n) is 29.2. The van der Waals surface area contributed by atoms with Gasteiger partial charge in [-0.15, -0.1) is 0 Å². The largest absolute Gasteiger partial charge is 0.481 e. The smallest absolute Gasteiger partial charge is 0.306 e. The molecule has 12 rings (SSSR count). The van der Waals surface area contributed by atoms with Crippen molar-refractivity contribution in [2.24, 2.45) is 69.0 Å². The van der Waals surface area contributed by atoms with Gasteiger partial charge in [-0.25, -0.2) is 0 Å². The number of carbonyl (C=O) groups excluding carboxylic acids is 4. The number of benzene rings is 4. The summed E-state index contributed by atoms with van der Waals surface area (Å²) in [5.41, 5.74) is 13.0. The minimum atomic E-state index is -0.754. The molecular formula is C108H152Cl4N4O12. The summed E-state index contributed by atoms with van der Waals surface area (Å²) in [7, 11) is 0. The minimum absolute atomic E-state index is 0.0229. The molecule has 4 fully saturated rings. The summed E-state index contributed by atoms with van der Waals surface area (Å²) >= 11 is 26.8. The van der Waals surface area contributed by atoms with E-state index in [1.54, 1.807) is 0 Å². The van der Waals surface area contributed by atoms with Gasteiger partial charge in [-0.05, 0) is 265 Å². The molecule has 4 aliphatic heterocycles. The van der Waals surface area contributed by atoms with Crippen molar-refractivity contribution in [1.29, 1.82) is 0 Å². The quantitative estimate of drug-likeness (QED) is 0.0513.